The van der Waals surface area contributed by atoms with Crippen molar-refractivity contribution in [3.63, 3.8) is 0 Å². The van der Waals surface area contributed by atoms with Crippen LogP contribution < -0.4 is 15.8 Å². The van der Waals surface area contributed by atoms with E-state index in [1.54, 1.807) is 24.3 Å². The fourth-order valence-electron chi connectivity index (χ4n) is 1.46. The SMILES string of the molecule is CCOCCCNC(=O)CCOc1ccc(N)cc1. The lowest BCUT2D eigenvalue weighted by molar-refractivity contribution is -0.121. The van der Waals surface area contributed by atoms with E-state index in [2.05, 4.69) is 5.32 Å². The predicted octanol–water partition coefficient (Wildman–Crippen LogP) is 1.58. The van der Waals surface area contributed by atoms with E-state index < -0.39 is 0 Å². The van der Waals surface area contributed by atoms with Gasteiger partial charge in [0.1, 0.15) is 5.75 Å². The van der Waals surface area contributed by atoms with Crippen LogP contribution in [0, 0.1) is 0 Å². The fourth-order valence-corrected chi connectivity index (χ4v) is 1.46. The van der Waals surface area contributed by atoms with Crippen LogP contribution in [0.4, 0.5) is 5.69 Å². The predicted molar refractivity (Wildman–Crippen MR) is 75.1 cm³/mol. The Morgan fingerprint density at radius 1 is 1.26 bits per heavy atom. The van der Waals surface area contributed by atoms with Gasteiger partial charge in [-0.2, -0.15) is 0 Å². The summed E-state index contributed by atoms with van der Waals surface area (Å²) in [5, 5.41) is 2.82. The number of hydrogen-bond donors (Lipinski definition) is 2. The highest BCUT2D eigenvalue weighted by Gasteiger charge is 2.01. The molecule has 1 aromatic rings. The number of nitrogen functional groups attached to an aromatic ring is 1. The Balaban J connectivity index is 2.05. The van der Waals surface area contributed by atoms with E-state index in [-0.39, 0.29) is 5.91 Å². The highest BCUT2D eigenvalue weighted by atomic mass is 16.5. The van der Waals surface area contributed by atoms with Crippen molar-refractivity contribution in [3.05, 3.63) is 24.3 Å². The lowest BCUT2D eigenvalue weighted by Gasteiger charge is -2.07. The third-order valence-corrected chi connectivity index (χ3v) is 2.47. The van der Waals surface area contributed by atoms with Crippen molar-refractivity contribution in [1.29, 1.82) is 0 Å². The zero-order valence-electron chi connectivity index (χ0n) is 11.4. The van der Waals surface area contributed by atoms with Crippen LogP contribution in [0.1, 0.15) is 19.8 Å². The minimum atomic E-state index is -0.00746. The molecular weight excluding hydrogens is 244 g/mol. The van der Waals surface area contributed by atoms with Crippen molar-refractivity contribution in [3.8, 4) is 5.75 Å². The summed E-state index contributed by atoms with van der Waals surface area (Å²) in [4.78, 5) is 11.5. The lowest BCUT2D eigenvalue weighted by atomic mass is 10.3. The molecule has 1 aromatic carbocycles. The van der Waals surface area contributed by atoms with Crippen LogP contribution >= 0.6 is 0 Å². The van der Waals surface area contributed by atoms with E-state index in [1.807, 2.05) is 6.92 Å². The van der Waals surface area contributed by atoms with Gasteiger partial charge in [0.15, 0.2) is 0 Å². The summed E-state index contributed by atoms with van der Waals surface area (Å²) >= 11 is 0. The number of ether oxygens (including phenoxy) is 2. The summed E-state index contributed by atoms with van der Waals surface area (Å²) < 4.78 is 10.6. The van der Waals surface area contributed by atoms with Crippen LogP contribution in [0.25, 0.3) is 0 Å². The molecule has 0 aliphatic carbocycles. The zero-order valence-corrected chi connectivity index (χ0v) is 11.4. The van der Waals surface area contributed by atoms with Crippen molar-refractivity contribution >= 4 is 11.6 Å². The second-order valence-corrected chi connectivity index (χ2v) is 4.07. The van der Waals surface area contributed by atoms with Gasteiger partial charge in [0.2, 0.25) is 5.91 Å². The molecule has 1 rings (SSSR count). The van der Waals surface area contributed by atoms with Crippen molar-refractivity contribution in [2.45, 2.75) is 19.8 Å². The molecule has 19 heavy (non-hydrogen) atoms. The van der Waals surface area contributed by atoms with Gasteiger partial charge in [0.05, 0.1) is 13.0 Å². The van der Waals surface area contributed by atoms with Gasteiger partial charge in [-0.25, -0.2) is 0 Å². The summed E-state index contributed by atoms with van der Waals surface area (Å²) in [6, 6.07) is 7.11. The van der Waals surface area contributed by atoms with Crippen LogP contribution in [0.15, 0.2) is 24.3 Å². The van der Waals surface area contributed by atoms with Crippen LogP contribution in [-0.4, -0.2) is 32.3 Å². The summed E-state index contributed by atoms with van der Waals surface area (Å²) in [6.07, 6.45) is 1.18. The molecule has 0 heterocycles. The smallest absolute Gasteiger partial charge is 0.223 e. The first-order valence-electron chi connectivity index (χ1n) is 6.55. The molecule has 5 heteroatoms. The van der Waals surface area contributed by atoms with E-state index in [1.165, 1.54) is 0 Å². The molecule has 0 saturated carbocycles. The summed E-state index contributed by atoms with van der Waals surface area (Å²) in [5.41, 5.74) is 6.26. The monoisotopic (exact) mass is 266 g/mol. The average Bonchev–Trinajstić information content (AvgIpc) is 2.41. The Morgan fingerprint density at radius 3 is 2.68 bits per heavy atom. The van der Waals surface area contributed by atoms with Crippen molar-refractivity contribution in [2.75, 3.05) is 32.1 Å². The Labute approximate surface area is 114 Å². The fraction of sp³-hybridized carbons (Fsp3) is 0.500. The Bertz CT molecular complexity index is 365. The van der Waals surface area contributed by atoms with Gasteiger partial charge >= 0.3 is 0 Å². The molecule has 0 spiro atoms. The average molecular weight is 266 g/mol. The maximum absolute atomic E-state index is 11.5. The number of amides is 1. The number of rotatable bonds is 9. The number of hydrogen-bond acceptors (Lipinski definition) is 4. The standard InChI is InChI=1S/C14H22N2O3/c1-2-18-10-3-9-16-14(17)8-11-19-13-6-4-12(15)5-7-13/h4-7H,2-3,8-11,15H2,1H3,(H,16,17). The summed E-state index contributed by atoms with van der Waals surface area (Å²) in [6.45, 7) is 4.34. The number of nitrogens with two attached hydrogens (primary N) is 1. The van der Waals surface area contributed by atoms with Crippen molar-refractivity contribution in [2.24, 2.45) is 0 Å². The molecule has 1 amide bonds. The largest absolute Gasteiger partial charge is 0.493 e. The Kier molecular flexibility index (Phi) is 7.43. The topological polar surface area (TPSA) is 73.6 Å². The first-order valence-corrected chi connectivity index (χ1v) is 6.55. The number of carbonyl (C=O) groups excluding carboxylic acids is 1. The third-order valence-electron chi connectivity index (χ3n) is 2.47. The molecule has 0 radical (unpaired) electrons. The first kappa shape index (κ1) is 15.3. The van der Waals surface area contributed by atoms with Crippen LogP contribution in [0.2, 0.25) is 0 Å². The van der Waals surface area contributed by atoms with E-state index >= 15 is 0 Å². The van der Waals surface area contributed by atoms with Gasteiger partial charge in [0.25, 0.3) is 0 Å². The molecule has 106 valence electrons. The summed E-state index contributed by atoms with van der Waals surface area (Å²) in [5.74, 6) is 0.713. The lowest BCUT2D eigenvalue weighted by Crippen LogP contribution is -2.26. The van der Waals surface area contributed by atoms with Gasteiger partial charge in [0, 0.05) is 25.4 Å². The minimum Gasteiger partial charge on any atom is -0.493 e. The maximum atomic E-state index is 11.5. The molecule has 0 unspecified atom stereocenters. The quantitative estimate of drug-likeness (QED) is 0.526. The third kappa shape index (κ3) is 7.31. The molecule has 5 nitrogen and oxygen atoms in total. The number of anilines is 1. The molecule has 0 fully saturated rings. The Hall–Kier alpha value is -1.75. The molecule has 0 aliphatic heterocycles. The van der Waals surface area contributed by atoms with Gasteiger partial charge in [-0.1, -0.05) is 0 Å². The van der Waals surface area contributed by atoms with Crippen molar-refractivity contribution in [1.82, 2.24) is 5.32 Å². The molecular formula is C14H22N2O3. The summed E-state index contributed by atoms with van der Waals surface area (Å²) in [7, 11) is 0. The molecule has 0 bridgehead atoms. The van der Waals surface area contributed by atoms with E-state index in [0.717, 1.165) is 12.2 Å². The molecule has 3 N–H and O–H groups in total. The van der Waals surface area contributed by atoms with E-state index in [9.17, 15) is 4.79 Å². The van der Waals surface area contributed by atoms with Crippen LogP contribution in [-0.2, 0) is 9.53 Å². The second kappa shape index (κ2) is 9.22. The Morgan fingerprint density at radius 2 is 2.00 bits per heavy atom. The molecule has 0 aromatic heterocycles. The van der Waals surface area contributed by atoms with E-state index in [0.29, 0.717) is 38.5 Å². The van der Waals surface area contributed by atoms with Crippen LogP contribution in [0.3, 0.4) is 0 Å². The zero-order chi connectivity index (χ0) is 13.9. The normalized spacial score (nSPS) is 10.2. The van der Waals surface area contributed by atoms with Gasteiger partial charge in [-0.15, -0.1) is 0 Å². The molecule has 0 saturated heterocycles. The van der Waals surface area contributed by atoms with Crippen LogP contribution in [0.5, 0.6) is 5.75 Å². The maximum Gasteiger partial charge on any atom is 0.223 e. The molecule has 0 atom stereocenters. The van der Waals surface area contributed by atoms with Gasteiger partial charge < -0.3 is 20.5 Å². The molecule has 0 aliphatic rings. The first-order chi connectivity index (χ1) is 9.22. The van der Waals surface area contributed by atoms with Gasteiger partial charge in [-0.3, -0.25) is 4.79 Å². The number of carbonyl (C=O) groups is 1. The number of nitrogens with one attached hydrogen (secondary N) is 1. The van der Waals surface area contributed by atoms with Gasteiger partial charge in [-0.05, 0) is 37.6 Å². The number of benzene rings is 1. The van der Waals surface area contributed by atoms with Crippen molar-refractivity contribution < 1.29 is 14.3 Å². The highest BCUT2D eigenvalue weighted by molar-refractivity contribution is 5.75. The highest BCUT2D eigenvalue weighted by Crippen LogP contribution is 2.12. The van der Waals surface area contributed by atoms with E-state index in [4.69, 9.17) is 15.2 Å². The second-order valence-electron chi connectivity index (χ2n) is 4.07. The minimum absolute atomic E-state index is 0.00746.